The topological polar surface area (TPSA) is 35.8 Å². The zero-order chi connectivity index (χ0) is 11.8. The Morgan fingerprint density at radius 1 is 1.24 bits per heavy atom. The summed E-state index contributed by atoms with van der Waals surface area (Å²) < 4.78 is 0.885. The number of hydrogen-bond donors (Lipinski definition) is 1. The second kappa shape index (κ2) is 4.34. The molecule has 2 nitrogen and oxygen atoms in total. The Morgan fingerprint density at radius 3 is 2.35 bits per heavy atom. The van der Waals surface area contributed by atoms with Crippen LogP contribution in [0.1, 0.15) is 31.2 Å². The Balaban J connectivity index is 1.75. The largest absolute Gasteiger partial charge is 0.382 e. The van der Waals surface area contributed by atoms with Crippen LogP contribution >= 0.6 is 15.9 Å². The van der Waals surface area contributed by atoms with Gasteiger partial charge in [-0.15, -0.1) is 0 Å². The summed E-state index contributed by atoms with van der Waals surface area (Å²) in [6, 6.07) is 8.75. The minimum atomic E-state index is 0.662. The zero-order valence-corrected chi connectivity index (χ0v) is 11.2. The second-order valence-electron chi connectivity index (χ2n) is 5.15. The number of benzene rings is 1. The van der Waals surface area contributed by atoms with Crippen LogP contribution in [0.3, 0.4) is 0 Å². The van der Waals surface area contributed by atoms with E-state index in [0.717, 1.165) is 22.0 Å². The molecule has 1 aromatic carbocycles. The lowest BCUT2D eigenvalue weighted by molar-refractivity contribution is 0.568. The van der Waals surface area contributed by atoms with Gasteiger partial charge in [-0.1, -0.05) is 0 Å². The molecule has 1 aromatic rings. The van der Waals surface area contributed by atoms with Gasteiger partial charge in [0, 0.05) is 16.2 Å². The molecule has 3 heteroatoms. The molecule has 0 spiro atoms. The first-order chi connectivity index (χ1) is 8.28. The third kappa shape index (κ3) is 2.47. The first-order valence-electron chi connectivity index (χ1n) is 6.24. The summed E-state index contributed by atoms with van der Waals surface area (Å²) in [5.41, 5.74) is 1.84. The van der Waals surface area contributed by atoms with Crippen molar-refractivity contribution in [3.63, 3.8) is 0 Å². The molecule has 0 amide bonds. The molecule has 0 atom stereocenters. The van der Waals surface area contributed by atoms with Crippen molar-refractivity contribution < 1.29 is 0 Å². The highest BCUT2D eigenvalue weighted by atomic mass is 79.9. The Bertz CT molecular complexity index is 458. The highest BCUT2D eigenvalue weighted by Crippen LogP contribution is 2.46. The Labute approximate surface area is 110 Å². The molecule has 2 saturated carbocycles. The van der Waals surface area contributed by atoms with Gasteiger partial charge in [-0.25, -0.2) is 0 Å². The Kier molecular flexibility index (Phi) is 2.84. The fourth-order valence-corrected chi connectivity index (χ4v) is 2.89. The zero-order valence-electron chi connectivity index (χ0n) is 9.62. The second-order valence-corrected chi connectivity index (χ2v) is 6.01. The van der Waals surface area contributed by atoms with E-state index in [9.17, 15) is 0 Å². The predicted octanol–water partition coefficient (Wildman–Crippen LogP) is 3.92. The van der Waals surface area contributed by atoms with Crippen LogP contribution in [0.2, 0.25) is 0 Å². The summed E-state index contributed by atoms with van der Waals surface area (Å²) in [6.45, 7) is 0. The molecule has 0 heterocycles. The van der Waals surface area contributed by atoms with Gasteiger partial charge in [0.1, 0.15) is 6.07 Å². The van der Waals surface area contributed by atoms with Crippen LogP contribution in [-0.2, 0) is 0 Å². The smallest absolute Gasteiger partial charge is 0.100 e. The third-order valence-electron chi connectivity index (χ3n) is 3.68. The fraction of sp³-hybridized carbons (Fsp3) is 0.500. The van der Waals surface area contributed by atoms with Crippen LogP contribution < -0.4 is 5.32 Å². The summed E-state index contributed by atoms with van der Waals surface area (Å²) in [5, 5.41) is 12.5. The van der Waals surface area contributed by atoms with Crippen molar-refractivity contribution in [2.24, 2.45) is 11.8 Å². The van der Waals surface area contributed by atoms with Crippen molar-refractivity contribution in [2.75, 3.05) is 5.32 Å². The molecule has 2 fully saturated rings. The number of halogens is 1. The first kappa shape index (κ1) is 11.1. The number of nitrogens with zero attached hydrogens (tertiary/aromatic N) is 1. The molecule has 0 aromatic heterocycles. The monoisotopic (exact) mass is 290 g/mol. The molecule has 0 unspecified atom stereocenters. The standard InChI is InChI=1S/C14H15BrN2/c15-13-7-12(6-5-11(13)8-16)17-14(9-1-2-9)10-3-4-10/h5-7,9-10,14,17H,1-4H2. The molecular weight excluding hydrogens is 276 g/mol. The molecule has 2 aliphatic carbocycles. The van der Waals surface area contributed by atoms with Gasteiger partial charge in [0.05, 0.1) is 5.56 Å². The van der Waals surface area contributed by atoms with Crippen LogP contribution in [0, 0.1) is 23.2 Å². The van der Waals surface area contributed by atoms with Crippen LogP contribution in [0.15, 0.2) is 22.7 Å². The van der Waals surface area contributed by atoms with Gasteiger partial charge in [-0.2, -0.15) is 5.26 Å². The van der Waals surface area contributed by atoms with Crippen molar-refractivity contribution in [3.8, 4) is 6.07 Å². The molecule has 0 saturated heterocycles. The van der Waals surface area contributed by atoms with Crippen LogP contribution in [-0.4, -0.2) is 6.04 Å². The van der Waals surface area contributed by atoms with Crippen molar-refractivity contribution in [1.82, 2.24) is 0 Å². The molecule has 0 aliphatic heterocycles. The summed E-state index contributed by atoms with van der Waals surface area (Å²) in [5.74, 6) is 1.77. The van der Waals surface area contributed by atoms with Gasteiger partial charge < -0.3 is 5.32 Å². The van der Waals surface area contributed by atoms with Gasteiger partial charge in [0.25, 0.3) is 0 Å². The lowest BCUT2D eigenvalue weighted by Gasteiger charge is -2.19. The molecule has 0 radical (unpaired) electrons. The SMILES string of the molecule is N#Cc1ccc(NC(C2CC2)C2CC2)cc1Br. The summed E-state index contributed by atoms with van der Waals surface area (Å²) >= 11 is 3.44. The van der Waals surface area contributed by atoms with E-state index in [0.29, 0.717) is 11.6 Å². The van der Waals surface area contributed by atoms with Crippen LogP contribution in [0.5, 0.6) is 0 Å². The maximum atomic E-state index is 8.89. The van der Waals surface area contributed by atoms with Gasteiger partial charge in [0.2, 0.25) is 0 Å². The lowest BCUT2D eigenvalue weighted by atomic mass is 10.1. The first-order valence-corrected chi connectivity index (χ1v) is 7.03. The molecule has 1 N–H and O–H groups in total. The fourth-order valence-electron chi connectivity index (χ4n) is 2.42. The average molecular weight is 291 g/mol. The molecule has 0 bridgehead atoms. The minimum absolute atomic E-state index is 0.662. The highest BCUT2D eigenvalue weighted by molar-refractivity contribution is 9.10. The van der Waals surface area contributed by atoms with E-state index in [1.165, 1.54) is 25.7 Å². The van der Waals surface area contributed by atoms with Crippen molar-refractivity contribution in [1.29, 1.82) is 5.26 Å². The molecular formula is C14H15BrN2. The number of nitriles is 1. The van der Waals surface area contributed by atoms with Gasteiger partial charge >= 0.3 is 0 Å². The molecule has 17 heavy (non-hydrogen) atoms. The molecule has 2 aliphatic rings. The van der Waals surface area contributed by atoms with E-state index in [4.69, 9.17) is 5.26 Å². The third-order valence-corrected chi connectivity index (χ3v) is 4.34. The van der Waals surface area contributed by atoms with E-state index >= 15 is 0 Å². The molecule has 3 rings (SSSR count). The quantitative estimate of drug-likeness (QED) is 0.912. The van der Waals surface area contributed by atoms with Crippen molar-refractivity contribution in [3.05, 3.63) is 28.2 Å². The van der Waals surface area contributed by atoms with E-state index in [-0.39, 0.29) is 0 Å². The van der Waals surface area contributed by atoms with Gasteiger partial charge in [-0.05, 0) is 71.6 Å². The lowest BCUT2D eigenvalue weighted by Crippen LogP contribution is -2.24. The van der Waals surface area contributed by atoms with E-state index in [1.807, 2.05) is 18.2 Å². The highest BCUT2D eigenvalue weighted by Gasteiger charge is 2.41. The summed E-state index contributed by atoms with van der Waals surface area (Å²) in [7, 11) is 0. The van der Waals surface area contributed by atoms with Crippen molar-refractivity contribution in [2.45, 2.75) is 31.7 Å². The van der Waals surface area contributed by atoms with Crippen LogP contribution in [0.25, 0.3) is 0 Å². The summed E-state index contributed by atoms with van der Waals surface area (Å²) in [6.07, 6.45) is 5.52. The minimum Gasteiger partial charge on any atom is -0.382 e. The normalized spacial score (nSPS) is 19.1. The Hall–Kier alpha value is -1.01. The predicted molar refractivity (Wildman–Crippen MR) is 71.7 cm³/mol. The maximum absolute atomic E-state index is 8.89. The van der Waals surface area contributed by atoms with Gasteiger partial charge in [-0.3, -0.25) is 0 Å². The van der Waals surface area contributed by atoms with E-state index in [2.05, 4.69) is 27.3 Å². The van der Waals surface area contributed by atoms with Gasteiger partial charge in [0.15, 0.2) is 0 Å². The number of anilines is 1. The number of hydrogen-bond acceptors (Lipinski definition) is 2. The number of rotatable bonds is 4. The van der Waals surface area contributed by atoms with Crippen molar-refractivity contribution >= 4 is 21.6 Å². The van der Waals surface area contributed by atoms with Crippen LogP contribution in [0.4, 0.5) is 5.69 Å². The number of nitrogens with one attached hydrogen (secondary N) is 1. The molecule has 88 valence electrons. The van der Waals surface area contributed by atoms with E-state index in [1.54, 1.807) is 0 Å². The van der Waals surface area contributed by atoms with E-state index < -0.39 is 0 Å². The average Bonchev–Trinajstić information content (AvgIpc) is 3.16. The summed E-state index contributed by atoms with van der Waals surface area (Å²) in [4.78, 5) is 0. The Morgan fingerprint density at radius 2 is 1.88 bits per heavy atom. The maximum Gasteiger partial charge on any atom is 0.100 e.